The van der Waals surface area contributed by atoms with Crippen molar-refractivity contribution in [2.24, 2.45) is 0 Å². The van der Waals surface area contributed by atoms with Gasteiger partial charge in [0.25, 0.3) is 0 Å². The van der Waals surface area contributed by atoms with Gasteiger partial charge < -0.3 is 10.2 Å². The van der Waals surface area contributed by atoms with E-state index in [-0.39, 0.29) is 0 Å². The molecule has 0 unspecified atom stereocenters. The standard InChI is InChI=1S/C11H15ClN2/c1-13-8-9-3-4-10(7-11(9)12)14-5-2-6-14/h3-4,7,13H,2,5-6,8H2,1H3. The molecule has 3 heteroatoms. The van der Waals surface area contributed by atoms with Crippen LogP contribution in [0.2, 0.25) is 5.02 Å². The maximum atomic E-state index is 6.17. The smallest absolute Gasteiger partial charge is 0.0471 e. The number of benzene rings is 1. The van der Waals surface area contributed by atoms with Crippen LogP contribution in [0, 0.1) is 0 Å². The average Bonchev–Trinajstić information content (AvgIpc) is 2.07. The molecule has 1 aliphatic heterocycles. The van der Waals surface area contributed by atoms with E-state index in [4.69, 9.17) is 11.6 Å². The van der Waals surface area contributed by atoms with E-state index in [1.54, 1.807) is 0 Å². The van der Waals surface area contributed by atoms with Gasteiger partial charge in [-0.15, -0.1) is 0 Å². The second-order valence-corrected chi connectivity index (χ2v) is 4.05. The third-order valence-electron chi connectivity index (χ3n) is 2.63. The van der Waals surface area contributed by atoms with Crippen molar-refractivity contribution < 1.29 is 0 Å². The molecule has 1 heterocycles. The summed E-state index contributed by atoms with van der Waals surface area (Å²) in [5.41, 5.74) is 2.42. The predicted molar refractivity (Wildman–Crippen MR) is 61.0 cm³/mol. The molecule has 1 N–H and O–H groups in total. The first-order valence-corrected chi connectivity index (χ1v) is 5.37. The van der Waals surface area contributed by atoms with Crippen molar-refractivity contribution in [2.45, 2.75) is 13.0 Å². The summed E-state index contributed by atoms with van der Waals surface area (Å²) < 4.78 is 0. The third kappa shape index (κ3) is 1.86. The Morgan fingerprint density at radius 2 is 2.21 bits per heavy atom. The Morgan fingerprint density at radius 1 is 1.43 bits per heavy atom. The van der Waals surface area contributed by atoms with E-state index >= 15 is 0 Å². The van der Waals surface area contributed by atoms with E-state index in [0.29, 0.717) is 0 Å². The summed E-state index contributed by atoms with van der Waals surface area (Å²) in [6.07, 6.45) is 1.30. The van der Waals surface area contributed by atoms with Crippen LogP contribution in [0.3, 0.4) is 0 Å². The molecule has 0 aliphatic carbocycles. The van der Waals surface area contributed by atoms with Crippen LogP contribution in [0.4, 0.5) is 5.69 Å². The monoisotopic (exact) mass is 210 g/mol. The van der Waals surface area contributed by atoms with Gasteiger partial charge in [-0.05, 0) is 31.2 Å². The van der Waals surface area contributed by atoms with Crippen molar-refractivity contribution in [1.29, 1.82) is 0 Å². The summed E-state index contributed by atoms with van der Waals surface area (Å²) in [5, 5.41) is 3.97. The van der Waals surface area contributed by atoms with Crippen LogP contribution in [0.15, 0.2) is 18.2 Å². The zero-order valence-corrected chi connectivity index (χ0v) is 9.14. The number of hydrogen-bond donors (Lipinski definition) is 1. The molecular formula is C11H15ClN2. The van der Waals surface area contributed by atoms with Crippen molar-refractivity contribution in [1.82, 2.24) is 5.32 Å². The van der Waals surface area contributed by atoms with E-state index in [0.717, 1.165) is 11.6 Å². The number of hydrogen-bond acceptors (Lipinski definition) is 2. The van der Waals surface area contributed by atoms with Gasteiger partial charge in [0.15, 0.2) is 0 Å². The molecule has 2 nitrogen and oxygen atoms in total. The number of nitrogens with one attached hydrogen (secondary N) is 1. The van der Waals surface area contributed by atoms with Gasteiger partial charge in [-0.25, -0.2) is 0 Å². The molecule has 0 saturated carbocycles. The van der Waals surface area contributed by atoms with E-state index in [1.807, 2.05) is 7.05 Å². The lowest BCUT2D eigenvalue weighted by Crippen LogP contribution is -2.36. The molecule has 2 rings (SSSR count). The number of anilines is 1. The summed E-state index contributed by atoms with van der Waals surface area (Å²) in [4.78, 5) is 2.34. The van der Waals surface area contributed by atoms with Crippen molar-refractivity contribution in [3.8, 4) is 0 Å². The number of rotatable bonds is 3. The van der Waals surface area contributed by atoms with Gasteiger partial charge in [0, 0.05) is 30.3 Å². The first-order chi connectivity index (χ1) is 6.81. The molecule has 1 aliphatic rings. The van der Waals surface area contributed by atoms with E-state index in [9.17, 15) is 0 Å². The lowest BCUT2D eigenvalue weighted by atomic mass is 10.1. The van der Waals surface area contributed by atoms with Gasteiger partial charge >= 0.3 is 0 Å². The van der Waals surface area contributed by atoms with Crippen LogP contribution in [-0.4, -0.2) is 20.1 Å². The van der Waals surface area contributed by atoms with Crippen LogP contribution >= 0.6 is 11.6 Å². The Morgan fingerprint density at radius 3 is 2.71 bits per heavy atom. The molecular weight excluding hydrogens is 196 g/mol. The molecule has 0 bridgehead atoms. The van der Waals surface area contributed by atoms with Crippen molar-refractivity contribution in [3.05, 3.63) is 28.8 Å². The summed E-state index contributed by atoms with van der Waals surface area (Å²) in [6, 6.07) is 6.32. The van der Waals surface area contributed by atoms with E-state index in [2.05, 4.69) is 28.4 Å². The fraction of sp³-hybridized carbons (Fsp3) is 0.455. The highest BCUT2D eigenvalue weighted by atomic mass is 35.5. The first-order valence-electron chi connectivity index (χ1n) is 4.99. The van der Waals surface area contributed by atoms with Gasteiger partial charge in [0.05, 0.1) is 0 Å². The quantitative estimate of drug-likeness (QED) is 0.824. The average molecular weight is 211 g/mol. The van der Waals surface area contributed by atoms with Crippen LogP contribution < -0.4 is 10.2 Å². The Bertz CT molecular complexity index is 321. The summed E-state index contributed by atoms with van der Waals surface area (Å²) in [5.74, 6) is 0. The predicted octanol–water partition coefficient (Wildman–Crippen LogP) is 2.27. The Kier molecular flexibility index (Phi) is 2.94. The van der Waals surface area contributed by atoms with Crippen molar-refractivity contribution in [3.63, 3.8) is 0 Å². The summed E-state index contributed by atoms with van der Waals surface area (Å²) in [7, 11) is 1.93. The second kappa shape index (κ2) is 4.20. The largest absolute Gasteiger partial charge is 0.371 e. The van der Waals surface area contributed by atoms with Gasteiger partial charge in [0.2, 0.25) is 0 Å². The van der Waals surface area contributed by atoms with Gasteiger partial charge in [0.1, 0.15) is 0 Å². The molecule has 0 atom stereocenters. The first kappa shape index (κ1) is 9.81. The zero-order chi connectivity index (χ0) is 9.97. The highest BCUT2D eigenvalue weighted by Gasteiger charge is 2.14. The molecule has 1 aromatic carbocycles. The Hall–Kier alpha value is -0.730. The molecule has 0 amide bonds. The molecule has 0 radical (unpaired) electrons. The minimum Gasteiger partial charge on any atom is -0.371 e. The zero-order valence-electron chi connectivity index (χ0n) is 8.39. The highest BCUT2D eigenvalue weighted by molar-refractivity contribution is 6.31. The van der Waals surface area contributed by atoms with Crippen LogP contribution in [0.1, 0.15) is 12.0 Å². The molecule has 76 valence electrons. The summed E-state index contributed by atoms with van der Waals surface area (Å²) >= 11 is 6.17. The lowest BCUT2D eigenvalue weighted by Gasteiger charge is -2.33. The fourth-order valence-electron chi connectivity index (χ4n) is 1.64. The molecule has 0 aromatic heterocycles. The van der Waals surface area contributed by atoms with Crippen LogP contribution in [-0.2, 0) is 6.54 Å². The second-order valence-electron chi connectivity index (χ2n) is 3.65. The topological polar surface area (TPSA) is 15.3 Å². The summed E-state index contributed by atoms with van der Waals surface area (Å²) in [6.45, 7) is 3.17. The van der Waals surface area contributed by atoms with E-state index in [1.165, 1.54) is 30.8 Å². The SMILES string of the molecule is CNCc1ccc(N2CCC2)cc1Cl. The molecule has 14 heavy (non-hydrogen) atoms. The van der Waals surface area contributed by atoms with Crippen molar-refractivity contribution in [2.75, 3.05) is 25.0 Å². The molecule has 1 fully saturated rings. The van der Waals surface area contributed by atoms with Gasteiger partial charge in [-0.3, -0.25) is 0 Å². The van der Waals surface area contributed by atoms with Crippen LogP contribution in [0.5, 0.6) is 0 Å². The molecule has 1 saturated heterocycles. The minimum atomic E-state index is 0.832. The fourth-order valence-corrected chi connectivity index (χ4v) is 1.88. The lowest BCUT2D eigenvalue weighted by molar-refractivity contribution is 0.617. The Labute approximate surface area is 89.9 Å². The molecule has 0 spiro atoms. The minimum absolute atomic E-state index is 0.832. The molecule has 1 aromatic rings. The van der Waals surface area contributed by atoms with Gasteiger partial charge in [-0.2, -0.15) is 0 Å². The third-order valence-corrected chi connectivity index (χ3v) is 2.98. The van der Waals surface area contributed by atoms with Crippen molar-refractivity contribution >= 4 is 17.3 Å². The highest BCUT2D eigenvalue weighted by Crippen LogP contribution is 2.26. The van der Waals surface area contributed by atoms with E-state index < -0.39 is 0 Å². The maximum absolute atomic E-state index is 6.17. The maximum Gasteiger partial charge on any atom is 0.0471 e. The van der Waals surface area contributed by atoms with Gasteiger partial charge in [-0.1, -0.05) is 17.7 Å². The number of nitrogens with zero attached hydrogens (tertiary/aromatic N) is 1. The Balaban J connectivity index is 2.16. The van der Waals surface area contributed by atoms with Crippen LogP contribution in [0.25, 0.3) is 0 Å². The normalized spacial score (nSPS) is 15.4. The number of halogens is 1.